The summed E-state index contributed by atoms with van der Waals surface area (Å²) in [5.74, 6) is -1.27. The number of rotatable bonds is 3. The molecule has 1 amide bonds. The predicted molar refractivity (Wildman–Crippen MR) is 136 cm³/mol. The van der Waals surface area contributed by atoms with Crippen molar-refractivity contribution in [3.63, 3.8) is 0 Å². The van der Waals surface area contributed by atoms with E-state index in [1.54, 1.807) is 12.1 Å². The zero-order chi connectivity index (χ0) is 24.2. The average molecular weight is 540 g/mol. The summed E-state index contributed by atoms with van der Waals surface area (Å²) >= 11 is 4.83. The minimum absolute atomic E-state index is 0.00992. The lowest BCUT2D eigenvalue weighted by Gasteiger charge is -2.39. The van der Waals surface area contributed by atoms with Gasteiger partial charge in [0.25, 0.3) is 5.91 Å². The van der Waals surface area contributed by atoms with Crippen LogP contribution >= 0.6 is 27.3 Å². The molecule has 1 atom stereocenters. The van der Waals surface area contributed by atoms with Gasteiger partial charge < -0.3 is 5.32 Å². The summed E-state index contributed by atoms with van der Waals surface area (Å²) in [6.45, 7) is 5.97. The third kappa shape index (κ3) is 4.20. The van der Waals surface area contributed by atoms with Crippen LogP contribution < -0.4 is 10.6 Å². The van der Waals surface area contributed by atoms with Crippen molar-refractivity contribution in [1.29, 1.82) is 0 Å². The van der Waals surface area contributed by atoms with Crippen molar-refractivity contribution < 1.29 is 14.0 Å². The number of dihydropyridines is 1. The SMILES string of the molecule is CC1=C(C(=O)Nc2nc3cc(Br)ccc3s2)[C@@H](c2ccc(F)cc2)C2=C(CC(C)(C)CC2=O)N1. The number of hydrogen-bond acceptors (Lipinski definition) is 5. The van der Waals surface area contributed by atoms with Gasteiger partial charge in [-0.25, -0.2) is 9.37 Å². The second-order valence-corrected chi connectivity index (χ2v) is 11.5. The molecule has 8 heteroatoms. The van der Waals surface area contributed by atoms with Gasteiger partial charge in [-0.2, -0.15) is 0 Å². The number of nitrogens with zero attached hydrogens (tertiary/aromatic N) is 1. The Hall–Kier alpha value is -2.84. The molecule has 1 aromatic heterocycles. The van der Waals surface area contributed by atoms with Gasteiger partial charge >= 0.3 is 0 Å². The summed E-state index contributed by atoms with van der Waals surface area (Å²) in [6.07, 6.45) is 1.09. The van der Waals surface area contributed by atoms with Gasteiger partial charge in [0.05, 0.1) is 10.2 Å². The molecule has 0 spiro atoms. The Morgan fingerprint density at radius 1 is 1.21 bits per heavy atom. The monoisotopic (exact) mass is 539 g/mol. The number of anilines is 1. The summed E-state index contributed by atoms with van der Waals surface area (Å²) < 4.78 is 15.6. The summed E-state index contributed by atoms with van der Waals surface area (Å²) in [5.41, 5.74) is 3.88. The van der Waals surface area contributed by atoms with Gasteiger partial charge in [0, 0.05) is 39.4 Å². The standard InChI is InChI=1S/C26H23BrFN3O2S/c1-13-21(24(33)31-25-30-17-10-15(27)6-9-20(17)34-25)22(14-4-7-16(28)8-5-14)23-18(29-13)11-26(2,3)12-19(23)32/h4-10,22,29H,11-12H2,1-3H3,(H,30,31,33)/t22-/m1/s1. The first-order chi connectivity index (χ1) is 16.1. The van der Waals surface area contributed by atoms with Gasteiger partial charge in [-0.05, 0) is 54.7 Å². The molecule has 2 heterocycles. The molecule has 0 saturated carbocycles. The van der Waals surface area contributed by atoms with Crippen molar-refractivity contribution in [2.24, 2.45) is 5.41 Å². The summed E-state index contributed by atoms with van der Waals surface area (Å²) in [4.78, 5) is 31.5. The van der Waals surface area contributed by atoms with Crippen LogP contribution in [0.1, 0.15) is 45.1 Å². The number of ketones is 1. The number of carbonyl (C=O) groups excluding carboxylic acids is 2. The van der Waals surface area contributed by atoms with Crippen molar-refractivity contribution in [2.45, 2.75) is 39.5 Å². The molecule has 0 unspecified atom stereocenters. The highest BCUT2D eigenvalue weighted by atomic mass is 79.9. The maximum Gasteiger partial charge on any atom is 0.256 e. The molecule has 3 aromatic rings. The van der Waals surface area contributed by atoms with E-state index in [0.29, 0.717) is 40.4 Å². The summed E-state index contributed by atoms with van der Waals surface area (Å²) in [5, 5.41) is 6.76. The summed E-state index contributed by atoms with van der Waals surface area (Å²) in [7, 11) is 0. The molecular weight excluding hydrogens is 517 g/mol. The van der Waals surface area contributed by atoms with E-state index >= 15 is 0 Å². The van der Waals surface area contributed by atoms with E-state index in [1.807, 2.05) is 25.1 Å². The fraction of sp³-hybridized carbons (Fsp3) is 0.269. The molecule has 0 saturated heterocycles. The van der Waals surface area contributed by atoms with Crippen LogP contribution in [0.5, 0.6) is 0 Å². The number of nitrogens with one attached hydrogen (secondary N) is 2. The van der Waals surface area contributed by atoms with E-state index < -0.39 is 5.92 Å². The van der Waals surface area contributed by atoms with Crippen LogP contribution in [0.2, 0.25) is 0 Å². The van der Waals surface area contributed by atoms with Gasteiger partial charge in [-0.15, -0.1) is 0 Å². The lowest BCUT2D eigenvalue weighted by atomic mass is 9.68. The maximum atomic E-state index is 13.7. The second-order valence-electron chi connectivity index (χ2n) is 9.57. The first-order valence-electron chi connectivity index (χ1n) is 11.0. The van der Waals surface area contributed by atoms with Crippen molar-refractivity contribution in [3.8, 4) is 0 Å². The molecule has 5 nitrogen and oxygen atoms in total. The Morgan fingerprint density at radius 3 is 2.68 bits per heavy atom. The molecule has 2 N–H and O–H groups in total. The van der Waals surface area contributed by atoms with Crippen molar-refractivity contribution in [2.75, 3.05) is 5.32 Å². The Labute approximate surface area is 209 Å². The van der Waals surface area contributed by atoms with E-state index in [9.17, 15) is 14.0 Å². The number of thiazole rings is 1. The molecule has 1 aliphatic heterocycles. The molecule has 2 aromatic carbocycles. The number of halogens is 2. The van der Waals surface area contributed by atoms with Crippen LogP contribution in [0.25, 0.3) is 10.2 Å². The lowest BCUT2D eigenvalue weighted by Crippen LogP contribution is -2.39. The van der Waals surface area contributed by atoms with E-state index in [1.165, 1.54) is 23.5 Å². The smallest absolute Gasteiger partial charge is 0.256 e. The fourth-order valence-electron chi connectivity index (χ4n) is 4.84. The zero-order valence-corrected chi connectivity index (χ0v) is 21.4. The topological polar surface area (TPSA) is 71.1 Å². The molecule has 0 fully saturated rings. The third-order valence-corrected chi connectivity index (χ3v) is 7.70. The van der Waals surface area contributed by atoms with E-state index in [-0.39, 0.29) is 22.9 Å². The lowest BCUT2D eigenvalue weighted by molar-refractivity contribution is -0.118. The molecule has 174 valence electrons. The highest BCUT2D eigenvalue weighted by molar-refractivity contribution is 9.10. The second kappa shape index (κ2) is 8.43. The van der Waals surface area contributed by atoms with E-state index in [2.05, 4.69) is 45.4 Å². The fourth-order valence-corrected chi connectivity index (χ4v) is 6.03. The Bertz CT molecular complexity index is 1410. The zero-order valence-electron chi connectivity index (χ0n) is 19.0. The highest BCUT2D eigenvalue weighted by Gasteiger charge is 2.42. The summed E-state index contributed by atoms with van der Waals surface area (Å²) in [6, 6.07) is 11.8. The first-order valence-corrected chi connectivity index (χ1v) is 12.6. The van der Waals surface area contributed by atoms with Crippen LogP contribution in [0, 0.1) is 11.2 Å². The number of amides is 1. The molecule has 0 radical (unpaired) electrons. The van der Waals surface area contributed by atoms with Gasteiger partial charge in [0.15, 0.2) is 10.9 Å². The molecule has 1 aliphatic carbocycles. The van der Waals surface area contributed by atoms with E-state index in [4.69, 9.17) is 0 Å². The third-order valence-electron chi connectivity index (χ3n) is 6.26. The number of aromatic nitrogens is 1. The Balaban J connectivity index is 1.57. The van der Waals surface area contributed by atoms with Crippen LogP contribution in [-0.4, -0.2) is 16.7 Å². The van der Waals surface area contributed by atoms with Gasteiger partial charge in [0.1, 0.15) is 5.82 Å². The minimum Gasteiger partial charge on any atom is -0.362 e. The number of hydrogen-bond donors (Lipinski definition) is 2. The maximum absolute atomic E-state index is 13.7. The number of benzene rings is 2. The normalized spacial score (nSPS) is 19.8. The number of carbonyl (C=O) groups is 2. The van der Waals surface area contributed by atoms with Crippen LogP contribution in [0.4, 0.5) is 9.52 Å². The molecular formula is C26H23BrFN3O2S. The van der Waals surface area contributed by atoms with Gasteiger partial charge in [-0.3, -0.25) is 14.9 Å². The average Bonchev–Trinajstić information content (AvgIpc) is 3.13. The van der Waals surface area contributed by atoms with Gasteiger partial charge in [0.2, 0.25) is 0 Å². The Kier molecular flexibility index (Phi) is 5.68. The number of Topliss-reactive ketones (excluding diaryl/α,β-unsaturated/α-hetero) is 1. The largest absolute Gasteiger partial charge is 0.362 e. The van der Waals surface area contributed by atoms with Crippen molar-refractivity contribution in [1.82, 2.24) is 10.3 Å². The number of allylic oxidation sites excluding steroid dienone is 3. The molecule has 5 rings (SSSR count). The number of fused-ring (bicyclic) bond motifs is 1. The molecule has 0 bridgehead atoms. The highest BCUT2D eigenvalue weighted by Crippen LogP contribution is 2.46. The van der Waals surface area contributed by atoms with Gasteiger partial charge in [-0.1, -0.05) is 53.2 Å². The van der Waals surface area contributed by atoms with Crippen LogP contribution in [0.15, 0.2) is 69.5 Å². The van der Waals surface area contributed by atoms with Crippen molar-refractivity contribution in [3.05, 3.63) is 80.9 Å². The quantitative estimate of drug-likeness (QED) is 0.401. The van der Waals surface area contributed by atoms with Crippen molar-refractivity contribution >= 4 is 54.3 Å². The van der Waals surface area contributed by atoms with E-state index in [0.717, 1.165) is 20.4 Å². The molecule has 2 aliphatic rings. The van der Waals surface area contributed by atoms with Crippen LogP contribution in [-0.2, 0) is 9.59 Å². The first kappa shape index (κ1) is 22.9. The Morgan fingerprint density at radius 2 is 1.94 bits per heavy atom. The van der Waals surface area contributed by atoms with Crippen LogP contribution in [0.3, 0.4) is 0 Å². The minimum atomic E-state index is -0.580. The molecule has 34 heavy (non-hydrogen) atoms. The predicted octanol–water partition coefficient (Wildman–Crippen LogP) is 6.44.